The number of aryl methyl sites for hydroxylation is 1. The number of alkyl halides is 2. The van der Waals surface area contributed by atoms with Crippen molar-refractivity contribution in [3.05, 3.63) is 48.6 Å². The van der Waals surface area contributed by atoms with Gasteiger partial charge in [-0.1, -0.05) is 42.7 Å². The third-order valence-corrected chi connectivity index (χ3v) is 12.3. The maximum Gasteiger partial charge on any atom is 0.386 e. The van der Waals surface area contributed by atoms with E-state index in [9.17, 15) is 9.13 Å². The van der Waals surface area contributed by atoms with E-state index in [1.807, 2.05) is 0 Å². The van der Waals surface area contributed by atoms with Gasteiger partial charge in [-0.25, -0.2) is 42.8 Å². The Balaban J connectivity index is 1.21. The number of imidazole rings is 2. The molecule has 3 aromatic heterocycles. The van der Waals surface area contributed by atoms with E-state index in [4.69, 9.17) is 27.6 Å². The van der Waals surface area contributed by atoms with Gasteiger partial charge in [0.15, 0.2) is 36.3 Å². The summed E-state index contributed by atoms with van der Waals surface area (Å²) in [6.45, 7) is -9.94. The molecule has 0 aromatic carbocycles. The van der Waals surface area contributed by atoms with Gasteiger partial charge in [0.25, 0.3) is 0 Å². The molecule has 0 N–H and O–H groups in total. The highest BCUT2D eigenvalue weighted by Gasteiger charge is 2.54. The molecule has 268 valence electrons. The monoisotopic (exact) mass is 771 g/mol. The lowest BCUT2D eigenvalue weighted by Gasteiger charge is -2.28. The van der Waals surface area contributed by atoms with Gasteiger partial charge < -0.3 is 9.47 Å². The molecule has 50 heavy (non-hydrogen) atoms. The molecule has 0 spiro atoms. The van der Waals surface area contributed by atoms with Gasteiger partial charge in [-0.2, -0.15) is 0 Å². The van der Waals surface area contributed by atoms with Crippen molar-refractivity contribution in [1.82, 2.24) is 29.1 Å². The Bertz CT molecular complexity index is 1960. The molecule has 9 rings (SSSR count). The first-order valence-corrected chi connectivity index (χ1v) is 21.5. The standard InChI is InChI=1S/C29H33F2N7O8P2S2/c30-20-24-18-11-41-48(40,50)46-25-19(12-42-47(39,49)45-24)44-29(21(25)31)38-15-36-23-17(33-13-34-27(23)38)9-4-2-1-3-7-16-8-5-6-10-32-26-22(16)35-14-37(26)28(20)43-18/h1-2,8,10,13-15,18-21,24-25,28-29H,3-7,9,11-12H2,(H,39,49)(H,40,50)/b2-1+,16-8-,32-10-/t18?,19?,20-,21-,24-,25-,28?,29-,47+,48-/m1/s1. The Labute approximate surface area is 295 Å². The minimum Gasteiger partial charge on any atom is -0.346 e. The Kier molecular flexibility index (Phi) is 9.67. The number of hydrogen-bond donors (Lipinski definition) is 2. The average molecular weight is 772 g/mol. The molecule has 0 radical (unpaired) electrons. The molecule has 3 fully saturated rings. The van der Waals surface area contributed by atoms with Gasteiger partial charge in [0, 0.05) is 6.21 Å². The normalized spacial score (nSPS) is 40.3. The molecule has 6 aliphatic heterocycles. The van der Waals surface area contributed by atoms with Crippen LogP contribution in [0.1, 0.15) is 55.9 Å². The first-order chi connectivity index (χ1) is 24.1. The van der Waals surface area contributed by atoms with E-state index in [-0.39, 0.29) is 0 Å². The van der Waals surface area contributed by atoms with Gasteiger partial charge in [-0.3, -0.25) is 27.2 Å². The zero-order chi connectivity index (χ0) is 34.6. The van der Waals surface area contributed by atoms with Crippen LogP contribution in [0.2, 0.25) is 0 Å². The van der Waals surface area contributed by atoms with Gasteiger partial charge in [0.2, 0.25) is 0 Å². The second-order valence-electron chi connectivity index (χ2n) is 12.3. The fraction of sp³-hybridized carbons (Fsp3) is 0.552. The zero-order valence-electron chi connectivity index (χ0n) is 26.3. The molecule has 3 unspecified atom stereocenters. The molecule has 10 atom stereocenters. The largest absolute Gasteiger partial charge is 0.386 e. The molecule has 3 saturated heterocycles. The third-order valence-electron chi connectivity index (χ3n) is 9.10. The van der Waals surface area contributed by atoms with Crippen molar-refractivity contribution in [3.8, 4) is 0 Å². The highest BCUT2D eigenvalue weighted by atomic mass is 32.7. The molecular weight excluding hydrogens is 738 g/mol. The fourth-order valence-corrected chi connectivity index (χ4v) is 9.68. The van der Waals surface area contributed by atoms with Crippen molar-refractivity contribution < 1.29 is 45.5 Å². The van der Waals surface area contributed by atoms with E-state index in [0.29, 0.717) is 60.5 Å². The first kappa shape index (κ1) is 34.8. The van der Waals surface area contributed by atoms with Crippen LogP contribution in [0, 0.1) is 0 Å². The number of aliphatic imine (C=N–C) groups is 1. The minimum atomic E-state index is -4.37. The van der Waals surface area contributed by atoms with Crippen LogP contribution in [0.15, 0.2) is 42.2 Å². The van der Waals surface area contributed by atoms with Crippen LogP contribution in [0.5, 0.6) is 0 Å². The third kappa shape index (κ3) is 6.70. The van der Waals surface area contributed by atoms with Crippen LogP contribution in [-0.4, -0.2) is 85.3 Å². The van der Waals surface area contributed by atoms with Crippen molar-refractivity contribution in [3.63, 3.8) is 0 Å². The van der Waals surface area contributed by atoms with E-state index < -0.39 is 76.0 Å². The highest BCUT2D eigenvalue weighted by Crippen LogP contribution is 2.60. The average Bonchev–Trinajstić information content (AvgIpc) is 3.82. The predicted octanol–water partition coefficient (Wildman–Crippen LogP) is 6.25. The van der Waals surface area contributed by atoms with Gasteiger partial charge >= 0.3 is 13.6 Å². The summed E-state index contributed by atoms with van der Waals surface area (Å²) >= 11 is 8.20. The number of aromatic nitrogens is 6. The molecule has 15 nitrogen and oxygen atoms in total. The number of fused-ring (bicyclic) bond motifs is 10. The van der Waals surface area contributed by atoms with Crippen molar-refractivity contribution in [2.24, 2.45) is 4.99 Å². The molecule has 14 bridgehead atoms. The van der Waals surface area contributed by atoms with Crippen LogP contribution >= 0.6 is 38.1 Å². The number of allylic oxidation sites excluding steroid dienone is 4. The van der Waals surface area contributed by atoms with Crippen LogP contribution < -0.4 is 0 Å². The molecule has 9 heterocycles. The van der Waals surface area contributed by atoms with Crippen molar-refractivity contribution in [2.45, 2.75) is 87.7 Å². The number of halogens is 2. The molecule has 3 aromatic rings. The highest BCUT2D eigenvalue weighted by molar-refractivity contribution is 8.44. The van der Waals surface area contributed by atoms with Gasteiger partial charge in [-0.05, 0) is 44.1 Å². The minimum absolute atomic E-state index is 0.301. The summed E-state index contributed by atoms with van der Waals surface area (Å²) in [5.74, 6) is 0.370. The second kappa shape index (κ2) is 13.9. The number of rotatable bonds is 0. The summed E-state index contributed by atoms with van der Waals surface area (Å²) in [4.78, 5) is 22.4. The predicted molar refractivity (Wildman–Crippen MR) is 182 cm³/mol. The van der Waals surface area contributed by atoms with Crippen LogP contribution in [-0.2, 0) is 43.1 Å². The molecule has 0 saturated carbocycles. The molecule has 6 aliphatic rings. The van der Waals surface area contributed by atoms with Gasteiger partial charge in [0.1, 0.15) is 42.0 Å². The quantitative estimate of drug-likeness (QED) is 0.150. The maximum absolute atomic E-state index is 16.4. The SMILES string of the molecule is O=[P@]1(S)OCC2O[C@@H]3[C@H](F)[C@@H]2O[P@](=O)(S)OCC2OC([C@H](F)[C@@H]2O1)n1cnc2c1/N=C\CC/C=C\2CC/C=C/CCc1ncnc2c1ncn23. The van der Waals surface area contributed by atoms with Crippen molar-refractivity contribution in [2.75, 3.05) is 13.2 Å². The lowest BCUT2D eigenvalue weighted by Crippen LogP contribution is -2.36. The van der Waals surface area contributed by atoms with Gasteiger partial charge in [-0.15, -0.1) is 0 Å². The summed E-state index contributed by atoms with van der Waals surface area (Å²) in [5.41, 5.74) is 2.94. The van der Waals surface area contributed by atoms with E-state index in [0.717, 1.165) is 12.0 Å². The Hall–Kier alpha value is -2.31. The summed E-state index contributed by atoms with van der Waals surface area (Å²) < 4.78 is 97.1. The number of nitrogens with zero attached hydrogens (tertiary/aromatic N) is 7. The molecule has 21 heteroatoms. The Morgan fingerprint density at radius 1 is 0.780 bits per heavy atom. The van der Waals surface area contributed by atoms with E-state index in [1.165, 1.54) is 28.1 Å². The fourth-order valence-electron chi connectivity index (χ4n) is 6.72. The van der Waals surface area contributed by atoms with Crippen molar-refractivity contribution >= 4 is 66.9 Å². The number of thiol groups is 2. The summed E-state index contributed by atoms with van der Waals surface area (Å²) in [7, 11) is 0. The van der Waals surface area contributed by atoms with Crippen molar-refractivity contribution in [1.29, 1.82) is 0 Å². The van der Waals surface area contributed by atoms with Crippen LogP contribution in [0.4, 0.5) is 14.6 Å². The molecule has 0 aliphatic carbocycles. The summed E-state index contributed by atoms with van der Waals surface area (Å²) in [6.07, 6.45) is 3.62. The number of ether oxygens (including phenoxy) is 2. The molecular formula is C29H33F2N7O8P2S2. The van der Waals surface area contributed by atoms with Crippen LogP contribution in [0.3, 0.4) is 0 Å². The second-order valence-corrected chi connectivity index (χ2v) is 18.1. The summed E-state index contributed by atoms with van der Waals surface area (Å²) in [5, 5.41) is 0. The van der Waals surface area contributed by atoms with Crippen LogP contribution in [0.25, 0.3) is 16.7 Å². The molecule has 0 amide bonds. The summed E-state index contributed by atoms with van der Waals surface area (Å²) in [6, 6.07) is 0. The number of hydrogen-bond acceptors (Lipinski definition) is 13. The zero-order valence-corrected chi connectivity index (χ0v) is 29.8. The smallest absolute Gasteiger partial charge is 0.346 e. The van der Waals surface area contributed by atoms with E-state index in [1.54, 1.807) is 6.21 Å². The topological polar surface area (TPSA) is 163 Å². The van der Waals surface area contributed by atoms with E-state index >= 15 is 8.78 Å². The first-order valence-electron chi connectivity index (χ1n) is 16.1. The Morgan fingerprint density at radius 2 is 1.42 bits per heavy atom. The lowest BCUT2D eigenvalue weighted by molar-refractivity contribution is -0.0547. The maximum atomic E-state index is 16.4. The Morgan fingerprint density at radius 3 is 2.12 bits per heavy atom. The lowest BCUT2D eigenvalue weighted by atomic mass is 10.0. The van der Waals surface area contributed by atoms with E-state index in [2.05, 4.69) is 67.7 Å². The van der Waals surface area contributed by atoms with Gasteiger partial charge in [0.05, 0.1) is 31.6 Å².